The van der Waals surface area contributed by atoms with Crippen LogP contribution in [0.3, 0.4) is 0 Å². The molecule has 32 heavy (non-hydrogen) atoms. The van der Waals surface area contributed by atoms with Crippen molar-refractivity contribution in [1.29, 1.82) is 0 Å². The van der Waals surface area contributed by atoms with Crippen LogP contribution in [0.25, 0.3) is 0 Å². The van der Waals surface area contributed by atoms with E-state index in [0.717, 1.165) is 44.5 Å². The summed E-state index contributed by atoms with van der Waals surface area (Å²) in [6, 6.07) is 11.1. The van der Waals surface area contributed by atoms with Crippen LogP contribution in [0.5, 0.6) is 0 Å². The quantitative estimate of drug-likeness (QED) is 0.682. The van der Waals surface area contributed by atoms with Gasteiger partial charge in [0.15, 0.2) is 0 Å². The maximum absolute atomic E-state index is 13.6. The highest BCUT2D eigenvalue weighted by molar-refractivity contribution is 5.78. The molecule has 3 fully saturated rings. The summed E-state index contributed by atoms with van der Waals surface area (Å²) >= 11 is 0. The number of hydrogen-bond acceptors (Lipinski definition) is 4. The van der Waals surface area contributed by atoms with Gasteiger partial charge in [-0.2, -0.15) is 0 Å². The number of rotatable bonds is 6. The molecule has 0 atom stereocenters. The van der Waals surface area contributed by atoms with Crippen LogP contribution in [0, 0.1) is 5.92 Å². The van der Waals surface area contributed by atoms with Gasteiger partial charge in [-0.05, 0) is 64.1 Å². The highest BCUT2D eigenvalue weighted by Crippen LogP contribution is 2.49. The molecule has 1 aromatic heterocycles. The van der Waals surface area contributed by atoms with Crippen molar-refractivity contribution < 1.29 is 4.79 Å². The molecule has 2 saturated carbocycles. The van der Waals surface area contributed by atoms with Gasteiger partial charge in [-0.3, -0.25) is 14.9 Å². The summed E-state index contributed by atoms with van der Waals surface area (Å²) in [6.07, 6.45) is 13.2. The van der Waals surface area contributed by atoms with E-state index in [0.29, 0.717) is 12.5 Å². The topological polar surface area (TPSA) is 52.6 Å². The maximum Gasteiger partial charge on any atom is 0.320 e. The molecule has 1 saturated heterocycles. The molecular weight excluding hydrogens is 398 g/mol. The number of nitrogens with zero attached hydrogens (tertiary/aromatic N) is 5. The highest BCUT2D eigenvalue weighted by atomic mass is 16.2. The number of hydrogen-bond donors (Lipinski definition) is 0. The Morgan fingerprint density at radius 1 is 1.06 bits per heavy atom. The van der Waals surface area contributed by atoms with Gasteiger partial charge in [0, 0.05) is 31.0 Å². The Bertz CT molecular complexity index is 920. The Morgan fingerprint density at radius 3 is 2.41 bits per heavy atom. The average molecular weight is 434 g/mol. The Labute approximate surface area is 191 Å². The van der Waals surface area contributed by atoms with Crippen molar-refractivity contribution in [1.82, 2.24) is 24.7 Å². The molecule has 6 heteroatoms. The van der Waals surface area contributed by atoms with Crippen LogP contribution < -0.4 is 0 Å². The summed E-state index contributed by atoms with van der Waals surface area (Å²) in [5, 5.41) is 0. The minimum atomic E-state index is -0.0663. The molecule has 2 aliphatic carbocycles. The number of benzene rings is 1. The molecule has 3 aliphatic rings. The number of carbonyl (C=O) groups is 1. The van der Waals surface area contributed by atoms with Crippen molar-refractivity contribution in [3.63, 3.8) is 0 Å². The lowest BCUT2D eigenvalue weighted by atomic mass is 9.68. The maximum atomic E-state index is 13.6. The first-order valence-electron chi connectivity index (χ1n) is 12.1. The minimum absolute atomic E-state index is 0.0377. The average Bonchev–Trinajstić information content (AvgIpc) is 3.03. The molecule has 170 valence electrons. The van der Waals surface area contributed by atoms with Crippen molar-refractivity contribution in [2.75, 3.05) is 27.2 Å². The normalized spacial score (nSPS) is 28.5. The molecule has 0 radical (unpaired) electrons. The summed E-state index contributed by atoms with van der Waals surface area (Å²) in [5.41, 5.74) is 2.23. The Kier molecular flexibility index (Phi) is 5.66. The summed E-state index contributed by atoms with van der Waals surface area (Å²) in [4.78, 5) is 28.9. The molecular formula is C26H35N5O. The van der Waals surface area contributed by atoms with E-state index >= 15 is 0 Å². The van der Waals surface area contributed by atoms with Crippen LogP contribution in [-0.2, 0) is 12.1 Å². The minimum Gasteiger partial charge on any atom is -0.317 e. The second kappa shape index (κ2) is 8.47. The molecule has 2 heterocycles. The zero-order chi connectivity index (χ0) is 22.2. The van der Waals surface area contributed by atoms with E-state index in [-0.39, 0.29) is 17.1 Å². The van der Waals surface area contributed by atoms with Crippen LogP contribution in [0.2, 0.25) is 0 Å². The van der Waals surface area contributed by atoms with Gasteiger partial charge in [0.25, 0.3) is 0 Å². The summed E-state index contributed by atoms with van der Waals surface area (Å²) in [6.45, 7) is 2.26. The van der Waals surface area contributed by atoms with E-state index in [1.807, 2.05) is 4.90 Å². The highest BCUT2D eigenvalue weighted by Gasteiger charge is 2.54. The monoisotopic (exact) mass is 433 g/mol. The third-order valence-corrected chi connectivity index (χ3v) is 8.37. The zero-order valence-electron chi connectivity index (χ0n) is 19.4. The number of carbonyl (C=O) groups excluding carboxylic acids is 1. The molecule has 0 unspecified atom stereocenters. The second-order valence-electron chi connectivity index (χ2n) is 10.3. The summed E-state index contributed by atoms with van der Waals surface area (Å²) in [7, 11) is 4.41. The van der Waals surface area contributed by atoms with E-state index < -0.39 is 0 Å². The molecule has 6 nitrogen and oxygen atoms in total. The van der Waals surface area contributed by atoms with Crippen LogP contribution >= 0.6 is 0 Å². The Hall–Kier alpha value is -2.47. The fourth-order valence-corrected chi connectivity index (χ4v) is 6.12. The zero-order valence-corrected chi connectivity index (χ0v) is 19.4. The predicted molar refractivity (Wildman–Crippen MR) is 125 cm³/mol. The third kappa shape index (κ3) is 3.68. The van der Waals surface area contributed by atoms with Crippen molar-refractivity contribution in [2.24, 2.45) is 5.92 Å². The lowest BCUT2D eigenvalue weighted by molar-refractivity contribution is 0.0159. The fraction of sp³-hybridized carbons (Fsp3) is 0.577. The van der Waals surface area contributed by atoms with E-state index in [2.05, 4.69) is 64.2 Å². The second-order valence-corrected chi connectivity index (χ2v) is 10.3. The molecule has 0 N–H and O–H groups in total. The summed E-state index contributed by atoms with van der Waals surface area (Å²) in [5.74, 6) is 0.668. The number of aromatic nitrogens is 2. The van der Waals surface area contributed by atoms with Crippen molar-refractivity contribution in [3.05, 3.63) is 60.2 Å². The van der Waals surface area contributed by atoms with E-state index in [4.69, 9.17) is 0 Å². The SMILES string of the molecule is CN(C)[C@]1(c2ccccc2)CC[C@]2(CC1)CN(Cc1cnccn1)C(=O)N2CC1CCC1. The van der Waals surface area contributed by atoms with Crippen molar-refractivity contribution in [3.8, 4) is 0 Å². The van der Waals surface area contributed by atoms with Gasteiger partial charge >= 0.3 is 6.03 Å². The summed E-state index contributed by atoms with van der Waals surface area (Å²) < 4.78 is 0. The first-order valence-corrected chi connectivity index (χ1v) is 12.1. The molecule has 1 aromatic carbocycles. The first-order chi connectivity index (χ1) is 15.5. The standard InChI is InChI=1S/C26H35N5O/c1-29(2)26(22-9-4-3-5-10-22)13-11-25(12-14-26)20-30(19-23-17-27-15-16-28-23)24(32)31(25)18-21-7-6-8-21/h3-5,9-10,15-17,21H,6-8,11-14,18-20H2,1-2H3/t25-,26+. The van der Waals surface area contributed by atoms with Crippen LogP contribution in [-0.4, -0.2) is 63.4 Å². The van der Waals surface area contributed by atoms with Gasteiger partial charge < -0.3 is 9.80 Å². The molecule has 2 aromatic rings. The number of urea groups is 1. The van der Waals surface area contributed by atoms with Crippen molar-refractivity contribution >= 4 is 6.03 Å². The van der Waals surface area contributed by atoms with E-state index in [1.165, 1.54) is 24.8 Å². The van der Waals surface area contributed by atoms with Gasteiger partial charge in [-0.15, -0.1) is 0 Å². The third-order valence-electron chi connectivity index (χ3n) is 8.37. The lowest BCUT2D eigenvalue weighted by Gasteiger charge is -2.51. The van der Waals surface area contributed by atoms with Crippen LogP contribution in [0.1, 0.15) is 56.2 Å². The lowest BCUT2D eigenvalue weighted by Crippen LogP contribution is -2.56. The molecule has 5 rings (SSSR count). The van der Waals surface area contributed by atoms with Crippen LogP contribution in [0.15, 0.2) is 48.9 Å². The molecule has 2 amide bonds. The van der Waals surface area contributed by atoms with Gasteiger partial charge in [0.05, 0.1) is 24.0 Å². The smallest absolute Gasteiger partial charge is 0.317 e. The molecule has 1 spiro atoms. The molecule has 0 bridgehead atoms. The van der Waals surface area contributed by atoms with Gasteiger partial charge in [-0.1, -0.05) is 36.8 Å². The fourth-order valence-electron chi connectivity index (χ4n) is 6.12. The van der Waals surface area contributed by atoms with Gasteiger partial charge in [0.2, 0.25) is 0 Å². The molecule has 1 aliphatic heterocycles. The van der Waals surface area contributed by atoms with E-state index in [9.17, 15) is 4.79 Å². The number of amides is 2. The Balaban J connectivity index is 1.40. The van der Waals surface area contributed by atoms with Crippen LogP contribution in [0.4, 0.5) is 4.79 Å². The largest absolute Gasteiger partial charge is 0.320 e. The Morgan fingerprint density at radius 2 is 1.81 bits per heavy atom. The van der Waals surface area contributed by atoms with Crippen molar-refractivity contribution in [2.45, 2.75) is 62.6 Å². The predicted octanol–water partition coefficient (Wildman–Crippen LogP) is 4.28. The van der Waals surface area contributed by atoms with Gasteiger partial charge in [0.1, 0.15) is 0 Å². The van der Waals surface area contributed by atoms with E-state index in [1.54, 1.807) is 18.6 Å². The first kappa shape index (κ1) is 21.4. The van der Waals surface area contributed by atoms with Gasteiger partial charge in [-0.25, -0.2) is 4.79 Å².